The van der Waals surface area contributed by atoms with Gasteiger partial charge >= 0.3 is 0 Å². The summed E-state index contributed by atoms with van der Waals surface area (Å²) >= 11 is 0. The standard InChI is InChI=1S/C23H24N2O5S/c1-29-17-20-19-9-5-6-10-21(19)30-22(20)23(26)24-12-14-25(15-13-24)31(27,28)16-11-18-7-3-2-4-8-18/h2-11,16H,12-15,17H2,1H3/b16-11+. The van der Waals surface area contributed by atoms with E-state index in [1.165, 1.54) is 9.71 Å². The van der Waals surface area contributed by atoms with Crippen LogP contribution in [-0.2, 0) is 21.4 Å². The minimum absolute atomic E-state index is 0.229. The van der Waals surface area contributed by atoms with Crippen molar-refractivity contribution in [3.63, 3.8) is 0 Å². The third-order valence-electron chi connectivity index (χ3n) is 5.30. The average Bonchev–Trinajstić information content (AvgIpc) is 3.17. The van der Waals surface area contributed by atoms with Gasteiger partial charge < -0.3 is 14.1 Å². The third kappa shape index (κ3) is 4.56. The Morgan fingerprint density at radius 3 is 2.42 bits per heavy atom. The molecule has 0 atom stereocenters. The summed E-state index contributed by atoms with van der Waals surface area (Å²) < 4.78 is 37.8. The van der Waals surface area contributed by atoms with Crippen LogP contribution in [0.2, 0.25) is 0 Å². The number of carbonyl (C=O) groups excluding carboxylic acids is 1. The summed E-state index contributed by atoms with van der Waals surface area (Å²) in [5.41, 5.74) is 2.16. The van der Waals surface area contributed by atoms with Gasteiger partial charge in [-0.3, -0.25) is 4.79 Å². The van der Waals surface area contributed by atoms with Crippen LogP contribution in [0.25, 0.3) is 17.0 Å². The molecule has 31 heavy (non-hydrogen) atoms. The minimum Gasteiger partial charge on any atom is -0.451 e. The van der Waals surface area contributed by atoms with Crippen LogP contribution in [-0.4, -0.2) is 56.8 Å². The zero-order valence-electron chi connectivity index (χ0n) is 17.2. The molecule has 7 nitrogen and oxygen atoms in total. The number of amides is 1. The van der Waals surface area contributed by atoms with Crippen LogP contribution in [0.1, 0.15) is 21.7 Å². The first-order chi connectivity index (χ1) is 15.0. The van der Waals surface area contributed by atoms with Crippen LogP contribution in [0.5, 0.6) is 0 Å². The van der Waals surface area contributed by atoms with Crippen LogP contribution >= 0.6 is 0 Å². The highest BCUT2D eigenvalue weighted by atomic mass is 32.2. The number of carbonyl (C=O) groups is 1. The maximum atomic E-state index is 13.1. The van der Waals surface area contributed by atoms with Gasteiger partial charge in [0.1, 0.15) is 5.58 Å². The lowest BCUT2D eigenvalue weighted by atomic mass is 10.1. The van der Waals surface area contributed by atoms with Crippen molar-refractivity contribution in [2.24, 2.45) is 0 Å². The van der Waals surface area contributed by atoms with Gasteiger partial charge in [-0.05, 0) is 17.7 Å². The zero-order chi connectivity index (χ0) is 21.8. The molecule has 2 heterocycles. The number of para-hydroxylation sites is 1. The second-order valence-electron chi connectivity index (χ2n) is 7.29. The molecule has 0 radical (unpaired) electrons. The summed E-state index contributed by atoms with van der Waals surface area (Å²) in [6.07, 6.45) is 1.58. The molecule has 1 amide bonds. The number of methoxy groups -OCH3 is 1. The highest BCUT2D eigenvalue weighted by Crippen LogP contribution is 2.28. The molecule has 0 aliphatic carbocycles. The van der Waals surface area contributed by atoms with Gasteiger partial charge in [-0.2, -0.15) is 4.31 Å². The van der Waals surface area contributed by atoms with Crippen molar-refractivity contribution < 1.29 is 22.4 Å². The van der Waals surface area contributed by atoms with E-state index in [2.05, 4.69) is 0 Å². The Kier molecular flexibility index (Phi) is 6.22. The normalized spacial score (nSPS) is 15.7. The number of hydrogen-bond acceptors (Lipinski definition) is 5. The number of benzene rings is 2. The first-order valence-corrected chi connectivity index (χ1v) is 11.5. The molecule has 1 aliphatic rings. The molecule has 0 unspecified atom stereocenters. The smallest absolute Gasteiger partial charge is 0.290 e. The fourth-order valence-corrected chi connectivity index (χ4v) is 4.84. The monoisotopic (exact) mass is 440 g/mol. The zero-order valence-corrected chi connectivity index (χ0v) is 18.0. The molecular weight excluding hydrogens is 416 g/mol. The number of nitrogens with zero attached hydrogens (tertiary/aromatic N) is 2. The summed E-state index contributed by atoms with van der Waals surface area (Å²) in [7, 11) is -1.99. The Balaban J connectivity index is 1.46. The highest BCUT2D eigenvalue weighted by molar-refractivity contribution is 7.92. The average molecular weight is 441 g/mol. The maximum Gasteiger partial charge on any atom is 0.290 e. The van der Waals surface area contributed by atoms with Gasteiger partial charge in [0.2, 0.25) is 10.0 Å². The van der Waals surface area contributed by atoms with E-state index in [1.807, 2.05) is 54.6 Å². The number of hydrogen-bond donors (Lipinski definition) is 0. The predicted octanol–water partition coefficient (Wildman–Crippen LogP) is 3.34. The molecule has 0 saturated carbocycles. The lowest BCUT2D eigenvalue weighted by Gasteiger charge is -2.33. The molecule has 0 N–H and O–H groups in total. The number of sulfonamides is 1. The Bertz CT molecular complexity index is 1190. The van der Waals surface area contributed by atoms with Crippen molar-refractivity contribution in [1.29, 1.82) is 0 Å². The molecule has 1 saturated heterocycles. The number of ether oxygens (including phenoxy) is 1. The largest absolute Gasteiger partial charge is 0.451 e. The molecule has 3 aromatic rings. The fraction of sp³-hybridized carbons (Fsp3) is 0.261. The van der Waals surface area contributed by atoms with E-state index in [0.717, 1.165) is 10.9 Å². The molecule has 1 aliphatic heterocycles. The quantitative estimate of drug-likeness (QED) is 0.587. The van der Waals surface area contributed by atoms with Gasteiger partial charge in [-0.1, -0.05) is 48.5 Å². The topological polar surface area (TPSA) is 80.1 Å². The van der Waals surface area contributed by atoms with Crippen LogP contribution in [0.3, 0.4) is 0 Å². The van der Waals surface area contributed by atoms with E-state index in [-0.39, 0.29) is 31.4 Å². The van der Waals surface area contributed by atoms with E-state index in [9.17, 15) is 13.2 Å². The van der Waals surface area contributed by atoms with Crippen molar-refractivity contribution in [1.82, 2.24) is 9.21 Å². The van der Waals surface area contributed by atoms with E-state index in [0.29, 0.717) is 24.2 Å². The number of fused-ring (bicyclic) bond motifs is 1. The lowest BCUT2D eigenvalue weighted by Crippen LogP contribution is -2.50. The van der Waals surface area contributed by atoms with Gasteiger partial charge in [0.25, 0.3) is 5.91 Å². The van der Waals surface area contributed by atoms with Gasteiger partial charge in [0.15, 0.2) is 5.76 Å². The summed E-state index contributed by atoms with van der Waals surface area (Å²) in [5.74, 6) is 0.00320. The Hall–Kier alpha value is -2.94. The van der Waals surface area contributed by atoms with Crippen molar-refractivity contribution in [2.45, 2.75) is 6.61 Å². The van der Waals surface area contributed by atoms with Gasteiger partial charge in [0, 0.05) is 49.6 Å². The number of furan rings is 1. The van der Waals surface area contributed by atoms with Crippen molar-refractivity contribution in [3.05, 3.63) is 76.9 Å². The van der Waals surface area contributed by atoms with Crippen molar-refractivity contribution in [3.8, 4) is 0 Å². The molecule has 1 fully saturated rings. The third-order valence-corrected chi connectivity index (χ3v) is 6.86. The lowest BCUT2D eigenvalue weighted by molar-refractivity contribution is 0.0663. The van der Waals surface area contributed by atoms with Crippen LogP contribution < -0.4 is 0 Å². The summed E-state index contributed by atoms with van der Waals surface area (Å²) in [5, 5.41) is 2.07. The number of rotatable bonds is 6. The van der Waals surface area contributed by atoms with Gasteiger partial charge in [-0.15, -0.1) is 0 Å². The van der Waals surface area contributed by atoms with E-state index >= 15 is 0 Å². The van der Waals surface area contributed by atoms with E-state index < -0.39 is 10.0 Å². The first-order valence-electron chi connectivity index (χ1n) is 10.0. The summed E-state index contributed by atoms with van der Waals surface area (Å²) in [4.78, 5) is 14.8. The molecule has 162 valence electrons. The minimum atomic E-state index is -3.56. The molecule has 4 rings (SSSR count). The Labute approximate surface area is 181 Å². The maximum absolute atomic E-state index is 13.1. The summed E-state index contributed by atoms with van der Waals surface area (Å²) in [6.45, 7) is 1.30. The highest BCUT2D eigenvalue weighted by Gasteiger charge is 2.31. The van der Waals surface area contributed by atoms with E-state index in [4.69, 9.17) is 9.15 Å². The molecule has 0 bridgehead atoms. The van der Waals surface area contributed by atoms with Crippen molar-refractivity contribution >= 4 is 33.0 Å². The SMILES string of the molecule is COCc1c(C(=O)N2CCN(S(=O)(=O)/C=C/c3ccccc3)CC2)oc2ccccc12. The van der Waals surface area contributed by atoms with E-state index in [1.54, 1.807) is 18.1 Å². The number of piperazine rings is 1. The molecule has 0 spiro atoms. The van der Waals surface area contributed by atoms with Gasteiger partial charge in [-0.25, -0.2) is 8.42 Å². The Morgan fingerprint density at radius 1 is 1.03 bits per heavy atom. The van der Waals surface area contributed by atoms with Crippen LogP contribution in [0, 0.1) is 0 Å². The second-order valence-corrected chi connectivity index (χ2v) is 9.11. The molecule has 2 aromatic carbocycles. The van der Waals surface area contributed by atoms with Crippen molar-refractivity contribution in [2.75, 3.05) is 33.3 Å². The van der Waals surface area contributed by atoms with Crippen LogP contribution in [0.15, 0.2) is 64.4 Å². The second kappa shape index (κ2) is 9.05. The fourth-order valence-electron chi connectivity index (χ4n) is 3.66. The van der Waals surface area contributed by atoms with Crippen LogP contribution in [0.4, 0.5) is 0 Å². The molecule has 1 aromatic heterocycles. The first kappa shape index (κ1) is 21.3. The van der Waals surface area contributed by atoms with Gasteiger partial charge in [0.05, 0.1) is 6.61 Å². The summed E-state index contributed by atoms with van der Waals surface area (Å²) in [6, 6.07) is 16.7. The Morgan fingerprint density at radius 2 is 1.71 bits per heavy atom. The molecule has 8 heteroatoms. The predicted molar refractivity (Wildman–Crippen MR) is 119 cm³/mol. The molecular formula is C23H24N2O5S.